The van der Waals surface area contributed by atoms with Gasteiger partial charge in [-0.1, -0.05) is 6.07 Å². The van der Waals surface area contributed by atoms with Crippen LogP contribution in [-0.2, 0) is 6.18 Å². The van der Waals surface area contributed by atoms with Gasteiger partial charge in [-0.15, -0.1) is 0 Å². The SMILES string of the molecule is Cc1cc(C)c2nc(C(F)(F)F)nc(N3CCN(CCO)CC3)c2c1. The molecule has 3 rings (SSSR count). The fourth-order valence-corrected chi connectivity index (χ4v) is 3.26. The van der Waals surface area contributed by atoms with Gasteiger partial charge in [0.05, 0.1) is 12.1 Å². The van der Waals surface area contributed by atoms with Crippen molar-refractivity contribution in [2.24, 2.45) is 0 Å². The van der Waals surface area contributed by atoms with Crippen LogP contribution in [0.15, 0.2) is 12.1 Å². The van der Waals surface area contributed by atoms with Crippen molar-refractivity contribution in [2.75, 3.05) is 44.2 Å². The Balaban J connectivity index is 2.06. The molecule has 8 heteroatoms. The van der Waals surface area contributed by atoms with Gasteiger partial charge in [0.1, 0.15) is 5.82 Å². The molecule has 0 saturated carbocycles. The number of β-amino-alcohol motifs (C(OH)–C–C–N with tert-alkyl or cyclic N) is 1. The lowest BCUT2D eigenvalue weighted by atomic mass is 10.1. The van der Waals surface area contributed by atoms with Crippen molar-refractivity contribution in [2.45, 2.75) is 20.0 Å². The average Bonchev–Trinajstić information content (AvgIpc) is 2.54. The molecule has 25 heavy (non-hydrogen) atoms. The van der Waals surface area contributed by atoms with Crippen LogP contribution in [0.4, 0.5) is 19.0 Å². The van der Waals surface area contributed by atoms with Crippen molar-refractivity contribution in [1.29, 1.82) is 0 Å². The molecule has 0 aliphatic carbocycles. The molecule has 1 N–H and O–H groups in total. The van der Waals surface area contributed by atoms with Gasteiger partial charge in [0.15, 0.2) is 0 Å². The van der Waals surface area contributed by atoms with Gasteiger partial charge in [-0.3, -0.25) is 4.90 Å². The zero-order chi connectivity index (χ0) is 18.2. The predicted molar refractivity (Wildman–Crippen MR) is 89.8 cm³/mol. The minimum atomic E-state index is -4.58. The van der Waals surface area contributed by atoms with Crippen molar-refractivity contribution in [3.8, 4) is 0 Å². The minimum absolute atomic E-state index is 0.0764. The number of hydrogen-bond donors (Lipinski definition) is 1. The van der Waals surface area contributed by atoms with Crippen molar-refractivity contribution in [3.63, 3.8) is 0 Å². The molecule has 0 spiro atoms. The molecular formula is C17H21F3N4O. The number of aliphatic hydroxyl groups excluding tert-OH is 1. The van der Waals surface area contributed by atoms with E-state index in [2.05, 4.69) is 14.9 Å². The maximum Gasteiger partial charge on any atom is 0.451 e. The number of aliphatic hydroxyl groups is 1. The van der Waals surface area contributed by atoms with Gasteiger partial charge in [-0.25, -0.2) is 9.97 Å². The quantitative estimate of drug-likeness (QED) is 0.917. The van der Waals surface area contributed by atoms with Crippen molar-refractivity contribution in [3.05, 3.63) is 29.1 Å². The molecule has 2 heterocycles. The molecule has 2 aromatic rings. The standard InChI is InChI=1S/C17H21F3N4O/c1-11-9-12(2)14-13(10-11)15(22-16(21-14)17(18,19)20)24-5-3-23(4-6-24)7-8-25/h9-10,25H,3-8H2,1-2H3. The normalized spacial score (nSPS) is 16.6. The third kappa shape index (κ3) is 3.69. The van der Waals surface area contributed by atoms with Crippen LogP contribution in [0.5, 0.6) is 0 Å². The number of piperazine rings is 1. The Hall–Kier alpha value is -1.93. The summed E-state index contributed by atoms with van der Waals surface area (Å²) in [5.41, 5.74) is 2.03. The summed E-state index contributed by atoms with van der Waals surface area (Å²) >= 11 is 0. The summed E-state index contributed by atoms with van der Waals surface area (Å²) in [6, 6.07) is 3.68. The molecule has 0 amide bonds. The van der Waals surface area contributed by atoms with Crippen LogP contribution in [-0.4, -0.2) is 59.3 Å². The molecule has 0 bridgehead atoms. The third-order valence-electron chi connectivity index (χ3n) is 4.46. The molecule has 1 aliphatic heterocycles. The summed E-state index contributed by atoms with van der Waals surface area (Å²) in [5, 5.41) is 9.68. The number of halogens is 3. The highest BCUT2D eigenvalue weighted by Gasteiger charge is 2.36. The van der Waals surface area contributed by atoms with Crippen LogP contribution in [0.1, 0.15) is 17.0 Å². The average molecular weight is 354 g/mol. The zero-order valence-electron chi connectivity index (χ0n) is 14.3. The number of aryl methyl sites for hydroxylation is 2. The van der Waals surface area contributed by atoms with Gasteiger partial charge in [0.2, 0.25) is 5.82 Å². The summed E-state index contributed by atoms with van der Waals surface area (Å²) in [6.45, 7) is 6.82. The number of fused-ring (bicyclic) bond motifs is 1. The summed E-state index contributed by atoms with van der Waals surface area (Å²) in [5.74, 6) is -0.757. The number of rotatable bonds is 3. The van der Waals surface area contributed by atoms with Gasteiger partial charge in [-0.05, 0) is 31.0 Å². The van der Waals surface area contributed by atoms with E-state index in [4.69, 9.17) is 5.11 Å². The number of benzene rings is 1. The molecule has 1 saturated heterocycles. The Morgan fingerprint density at radius 1 is 1.08 bits per heavy atom. The maximum absolute atomic E-state index is 13.3. The largest absolute Gasteiger partial charge is 0.451 e. The molecule has 0 radical (unpaired) electrons. The second-order valence-electron chi connectivity index (χ2n) is 6.40. The Kier molecular flexibility index (Phi) is 4.83. The maximum atomic E-state index is 13.3. The van der Waals surface area contributed by atoms with E-state index in [1.807, 2.05) is 24.0 Å². The molecule has 136 valence electrons. The summed E-state index contributed by atoms with van der Waals surface area (Å²) in [6.07, 6.45) is -4.58. The first-order valence-corrected chi connectivity index (χ1v) is 8.24. The van der Waals surface area contributed by atoms with Crippen LogP contribution < -0.4 is 4.90 Å². The van der Waals surface area contributed by atoms with Crippen molar-refractivity contribution < 1.29 is 18.3 Å². The van der Waals surface area contributed by atoms with Crippen molar-refractivity contribution >= 4 is 16.7 Å². The highest BCUT2D eigenvalue weighted by atomic mass is 19.4. The van der Waals surface area contributed by atoms with E-state index in [-0.39, 0.29) is 6.61 Å². The summed E-state index contributed by atoms with van der Waals surface area (Å²) in [4.78, 5) is 11.6. The first kappa shape index (κ1) is 17.9. The van der Waals surface area contributed by atoms with Crippen LogP contribution in [0, 0.1) is 13.8 Å². The van der Waals surface area contributed by atoms with Gasteiger partial charge in [-0.2, -0.15) is 13.2 Å². The molecular weight excluding hydrogens is 333 g/mol. The van der Waals surface area contributed by atoms with Gasteiger partial charge < -0.3 is 10.0 Å². The monoisotopic (exact) mass is 354 g/mol. The molecule has 1 fully saturated rings. The van der Waals surface area contributed by atoms with E-state index < -0.39 is 12.0 Å². The molecule has 0 atom stereocenters. The molecule has 5 nitrogen and oxygen atoms in total. The Bertz CT molecular complexity index is 771. The second-order valence-corrected chi connectivity index (χ2v) is 6.40. The predicted octanol–water partition coefficient (Wildman–Crippen LogP) is 2.38. The fourth-order valence-electron chi connectivity index (χ4n) is 3.26. The molecule has 1 aromatic heterocycles. The van der Waals surface area contributed by atoms with Gasteiger partial charge in [0.25, 0.3) is 0 Å². The summed E-state index contributed by atoms with van der Waals surface area (Å²) in [7, 11) is 0. The smallest absolute Gasteiger partial charge is 0.395 e. The van der Waals surface area contributed by atoms with E-state index in [0.29, 0.717) is 55.0 Å². The number of anilines is 1. The topological polar surface area (TPSA) is 52.5 Å². The molecule has 1 aromatic carbocycles. The lowest BCUT2D eigenvalue weighted by Gasteiger charge is -2.35. The second kappa shape index (κ2) is 6.76. The van der Waals surface area contributed by atoms with Crippen LogP contribution in [0.3, 0.4) is 0 Å². The van der Waals surface area contributed by atoms with E-state index >= 15 is 0 Å². The van der Waals surface area contributed by atoms with Gasteiger partial charge in [0, 0.05) is 38.1 Å². The Labute approximate surface area is 144 Å². The van der Waals surface area contributed by atoms with E-state index in [0.717, 1.165) is 5.56 Å². The van der Waals surface area contributed by atoms with E-state index in [1.54, 1.807) is 6.92 Å². The molecule has 0 unspecified atom stereocenters. The highest BCUT2D eigenvalue weighted by Crippen LogP contribution is 2.33. The first-order valence-electron chi connectivity index (χ1n) is 8.24. The van der Waals surface area contributed by atoms with E-state index in [9.17, 15) is 13.2 Å². The first-order chi connectivity index (χ1) is 11.8. The Morgan fingerprint density at radius 2 is 1.76 bits per heavy atom. The van der Waals surface area contributed by atoms with Crippen LogP contribution in [0.25, 0.3) is 10.9 Å². The van der Waals surface area contributed by atoms with Crippen molar-refractivity contribution in [1.82, 2.24) is 14.9 Å². The van der Waals surface area contributed by atoms with Crippen LogP contribution >= 0.6 is 0 Å². The zero-order valence-corrected chi connectivity index (χ0v) is 14.3. The minimum Gasteiger partial charge on any atom is -0.395 e. The Morgan fingerprint density at radius 3 is 2.36 bits per heavy atom. The van der Waals surface area contributed by atoms with E-state index in [1.165, 1.54) is 0 Å². The fraction of sp³-hybridized carbons (Fsp3) is 0.529. The van der Waals surface area contributed by atoms with Crippen LogP contribution in [0.2, 0.25) is 0 Å². The highest BCUT2D eigenvalue weighted by molar-refractivity contribution is 5.92. The number of hydrogen-bond acceptors (Lipinski definition) is 5. The lowest BCUT2D eigenvalue weighted by Crippen LogP contribution is -2.47. The van der Waals surface area contributed by atoms with Gasteiger partial charge >= 0.3 is 6.18 Å². The summed E-state index contributed by atoms with van der Waals surface area (Å²) < 4.78 is 39.8. The number of alkyl halides is 3. The third-order valence-corrected chi connectivity index (χ3v) is 4.46. The number of aromatic nitrogens is 2. The lowest BCUT2D eigenvalue weighted by molar-refractivity contribution is -0.144. The molecule has 1 aliphatic rings. The number of nitrogens with zero attached hydrogens (tertiary/aromatic N) is 4.